The third kappa shape index (κ3) is 12.8. The van der Waals surface area contributed by atoms with Crippen molar-refractivity contribution in [3.63, 3.8) is 0 Å². The van der Waals surface area contributed by atoms with Crippen LogP contribution in [-0.4, -0.2) is 64.8 Å². The van der Waals surface area contributed by atoms with Gasteiger partial charge in [-0.15, -0.1) is 0 Å². The van der Waals surface area contributed by atoms with Gasteiger partial charge in [-0.05, 0) is 54.9 Å². The molecule has 0 aliphatic carbocycles. The van der Waals surface area contributed by atoms with Crippen molar-refractivity contribution in [2.24, 2.45) is 5.73 Å². The highest BCUT2D eigenvalue weighted by Crippen LogP contribution is 2.11. The zero-order valence-corrected chi connectivity index (χ0v) is 18.3. The molecule has 0 aliphatic heterocycles. The number of aliphatic carboxylic acids is 1. The van der Waals surface area contributed by atoms with E-state index < -0.39 is 53.1 Å². The standard InChI is InChI=1S/C19H35N3O7/c1-11(20)15(24)22-13(10-28-18(2,3)4)16(25)21-12(17(26)27)8-9-14(23)29-19(5,6)7/h11-13H,8-10,20H2,1-7H3,(H,21,25)(H,22,24)(H,26,27)/t11-,12-,13-/m0/s1. The van der Waals surface area contributed by atoms with Crippen LogP contribution < -0.4 is 16.4 Å². The fourth-order valence-electron chi connectivity index (χ4n) is 2.00. The van der Waals surface area contributed by atoms with E-state index in [1.54, 1.807) is 41.5 Å². The number of hydrogen-bond donors (Lipinski definition) is 4. The second-order valence-corrected chi connectivity index (χ2v) is 8.80. The second kappa shape index (κ2) is 11.1. The van der Waals surface area contributed by atoms with E-state index in [4.69, 9.17) is 15.2 Å². The first-order chi connectivity index (χ1) is 13.0. The first kappa shape index (κ1) is 26.8. The first-order valence-corrected chi connectivity index (χ1v) is 9.47. The Kier molecular flexibility index (Phi) is 10.3. The van der Waals surface area contributed by atoms with Gasteiger partial charge in [0.15, 0.2) is 0 Å². The fraction of sp³-hybridized carbons (Fsp3) is 0.789. The van der Waals surface area contributed by atoms with Gasteiger partial charge >= 0.3 is 11.9 Å². The van der Waals surface area contributed by atoms with Crippen molar-refractivity contribution >= 4 is 23.8 Å². The molecule has 0 fully saturated rings. The summed E-state index contributed by atoms with van der Waals surface area (Å²) in [5.74, 6) is -3.21. The van der Waals surface area contributed by atoms with Gasteiger partial charge in [-0.1, -0.05) is 0 Å². The average Bonchev–Trinajstić information content (AvgIpc) is 2.51. The molecule has 0 unspecified atom stereocenters. The average molecular weight is 418 g/mol. The number of carboxylic acid groups (broad SMARTS) is 1. The van der Waals surface area contributed by atoms with E-state index in [2.05, 4.69) is 10.6 Å². The Hall–Kier alpha value is -2.20. The Morgan fingerprint density at radius 3 is 1.86 bits per heavy atom. The lowest BCUT2D eigenvalue weighted by atomic mass is 10.1. The SMILES string of the molecule is C[C@H](N)C(=O)N[C@@H](COC(C)(C)C)C(=O)N[C@@H](CCC(=O)OC(C)(C)C)C(=O)O. The highest BCUT2D eigenvalue weighted by molar-refractivity contribution is 5.91. The molecule has 0 radical (unpaired) electrons. The van der Waals surface area contributed by atoms with Crippen LogP contribution in [0.15, 0.2) is 0 Å². The molecular formula is C19H35N3O7. The van der Waals surface area contributed by atoms with Crippen molar-refractivity contribution in [3.05, 3.63) is 0 Å². The molecule has 0 saturated carbocycles. The summed E-state index contributed by atoms with van der Waals surface area (Å²) >= 11 is 0. The van der Waals surface area contributed by atoms with E-state index in [1.807, 2.05) is 0 Å². The highest BCUT2D eigenvalue weighted by atomic mass is 16.6. The van der Waals surface area contributed by atoms with Crippen molar-refractivity contribution in [1.29, 1.82) is 0 Å². The van der Waals surface area contributed by atoms with Crippen LogP contribution >= 0.6 is 0 Å². The molecule has 5 N–H and O–H groups in total. The number of nitrogens with one attached hydrogen (secondary N) is 2. The van der Waals surface area contributed by atoms with E-state index in [-0.39, 0.29) is 19.4 Å². The molecule has 0 bridgehead atoms. The van der Waals surface area contributed by atoms with Crippen molar-refractivity contribution in [3.8, 4) is 0 Å². The maximum absolute atomic E-state index is 12.6. The minimum absolute atomic E-state index is 0.163. The van der Waals surface area contributed by atoms with E-state index in [0.717, 1.165) is 0 Å². The predicted molar refractivity (Wildman–Crippen MR) is 106 cm³/mol. The zero-order chi connectivity index (χ0) is 23.0. The lowest BCUT2D eigenvalue weighted by Gasteiger charge is -2.26. The minimum Gasteiger partial charge on any atom is -0.480 e. The Balaban J connectivity index is 5.09. The number of esters is 1. The normalized spacial score (nSPS) is 15.0. The third-order valence-electron chi connectivity index (χ3n) is 3.40. The van der Waals surface area contributed by atoms with Crippen LogP contribution in [0, 0.1) is 0 Å². The number of ether oxygens (including phenoxy) is 2. The van der Waals surface area contributed by atoms with Gasteiger partial charge in [0.05, 0.1) is 18.2 Å². The molecule has 0 aliphatic rings. The summed E-state index contributed by atoms with van der Waals surface area (Å²) in [6, 6.07) is -3.34. The van der Waals surface area contributed by atoms with Crippen LogP contribution in [0.2, 0.25) is 0 Å². The largest absolute Gasteiger partial charge is 0.480 e. The molecule has 0 aromatic rings. The van der Waals surface area contributed by atoms with Gasteiger partial charge in [0.25, 0.3) is 0 Å². The molecule has 0 saturated heterocycles. The van der Waals surface area contributed by atoms with Gasteiger partial charge in [-0.2, -0.15) is 0 Å². The smallest absolute Gasteiger partial charge is 0.326 e. The third-order valence-corrected chi connectivity index (χ3v) is 3.40. The molecule has 0 rings (SSSR count). The number of hydrogen-bond acceptors (Lipinski definition) is 7. The summed E-state index contributed by atoms with van der Waals surface area (Å²) in [5.41, 5.74) is 4.24. The molecule has 0 heterocycles. The monoisotopic (exact) mass is 417 g/mol. The summed E-state index contributed by atoms with van der Waals surface area (Å²) in [4.78, 5) is 47.8. The minimum atomic E-state index is -1.33. The van der Waals surface area contributed by atoms with Crippen molar-refractivity contribution in [2.75, 3.05) is 6.61 Å². The van der Waals surface area contributed by atoms with Gasteiger partial charge in [0.2, 0.25) is 11.8 Å². The number of carbonyl (C=O) groups excluding carboxylic acids is 3. The Morgan fingerprint density at radius 2 is 1.45 bits per heavy atom. The summed E-state index contributed by atoms with van der Waals surface area (Å²) in [5, 5.41) is 14.2. The Bertz CT molecular complexity index is 592. The molecule has 10 nitrogen and oxygen atoms in total. The summed E-state index contributed by atoms with van der Waals surface area (Å²) in [6.07, 6.45) is -0.353. The van der Waals surface area contributed by atoms with E-state index in [0.29, 0.717) is 0 Å². The molecule has 0 aromatic heterocycles. The zero-order valence-electron chi connectivity index (χ0n) is 18.3. The highest BCUT2D eigenvalue weighted by Gasteiger charge is 2.29. The van der Waals surface area contributed by atoms with E-state index >= 15 is 0 Å². The number of carbonyl (C=O) groups is 4. The number of rotatable bonds is 10. The fourth-order valence-corrected chi connectivity index (χ4v) is 2.00. The summed E-state index contributed by atoms with van der Waals surface area (Å²) < 4.78 is 10.7. The molecule has 3 atom stereocenters. The number of nitrogens with two attached hydrogens (primary N) is 1. The lowest BCUT2D eigenvalue weighted by Crippen LogP contribution is -2.56. The Morgan fingerprint density at radius 1 is 0.931 bits per heavy atom. The topological polar surface area (TPSA) is 157 Å². The maximum atomic E-state index is 12.6. The van der Waals surface area contributed by atoms with E-state index in [9.17, 15) is 24.3 Å². The van der Waals surface area contributed by atoms with Gasteiger partial charge in [-0.3, -0.25) is 14.4 Å². The van der Waals surface area contributed by atoms with Gasteiger partial charge in [0, 0.05) is 6.42 Å². The molecular weight excluding hydrogens is 382 g/mol. The van der Waals surface area contributed by atoms with Crippen LogP contribution in [0.3, 0.4) is 0 Å². The summed E-state index contributed by atoms with van der Waals surface area (Å²) in [7, 11) is 0. The van der Waals surface area contributed by atoms with Gasteiger partial charge in [0.1, 0.15) is 17.7 Å². The molecule has 168 valence electrons. The van der Waals surface area contributed by atoms with Gasteiger partial charge in [-0.25, -0.2) is 4.79 Å². The van der Waals surface area contributed by atoms with Crippen molar-refractivity contribution in [2.45, 2.75) is 90.6 Å². The molecule has 0 spiro atoms. The predicted octanol–water partition coefficient (Wildman–Crippen LogP) is 0.325. The first-order valence-electron chi connectivity index (χ1n) is 9.47. The van der Waals surface area contributed by atoms with Crippen molar-refractivity contribution in [1.82, 2.24) is 10.6 Å². The van der Waals surface area contributed by atoms with Crippen LogP contribution in [0.5, 0.6) is 0 Å². The maximum Gasteiger partial charge on any atom is 0.326 e. The number of carboxylic acids is 1. The van der Waals surface area contributed by atoms with E-state index in [1.165, 1.54) is 6.92 Å². The van der Waals surface area contributed by atoms with Crippen molar-refractivity contribution < 1.29 is 33.8 Å². The lowest BCUT2D eigenvalue weighted by molar-refractivity contribution is -0.155. The molecule has 0 aromatic carbocycles. The van der Waals surface area contributed by atoms with Gasteiger partial charge < -0.3 is 30.9 Å². The number of amides is 2. The van der Waals surface area contributed by atoms with Crippen LogP contribution in [0.1, 0.15) is 61.3 Å². The molecule has 10 heteroatoms. The van der Waals surface area contributed by atoms with Crippen LogP contribution in [-0.2, 0) is 28.7 Å². The second-order valence-electron chi connectivity index (χ2n) is 8.80. The summed E-state index contributed by atoms with van der Waals surface area (Å²) in [6.45, 7) is 11.7. The van der Waals surface area contributed by atoms with Crippen LogP contribution in [0.25, 0.3) is 0 Å². The Labute approximate surface area is 171 Å². The quantitative estimate of drug-likeness (QED) is 0.370. The molecule has 2 amide bonds. The molecule has 29 heavy (non-hydrogen) atoms. The van der Waals surface area contributed by atoms with Crippen LogP contribution in [0.4, 0.5) is 0 Å².